The van der Waals surface area contributed by atoms with Crippen LogP contribution in [0.2, 0.25) is 5.02 Å². The molecule has 0 fully saturated rings. The lowest BCUT2D eigenvalue weighted by atomic mass is 10.1. The van der Waals surface area contributed by atoms with Gasteiger partial charge in [0, 0.05) is 16.3 Å². The number of H-pyrrole nitrogens is 1. The molecule has 0 aliphatic carbocycles. The van der Waals surface area contributed by atoms with E-state index >= 15 is 0 Å². The number of carbonyl (C=O) groups is 2. The Morgan fingerprint density at radius 3 is 2.50 bits per heavy atom. The van der Waals surface area contributed by atoms with E-state index in [1.807, 2.05) is 25.1 Å². The number of carbonyl (C=O) groups excluding carboxylic acids is 2. The first-order chi connectivity index (χ1) is 10.3. The molecule has 1 heterocycles. The second kappa shape index (κ2) is 6.36. The van der Waals surface area contributed by atoms with Crippen LogP contribution in [-0.2, 0) is 0 Å². The Balaban J connectivity index is 2.23. The predicted molar refractivity (Wildman–Crippen MR) is 87.6 cm³/mol. The highest BCUT2D eigenvalue weighted by molar-refractivity contribution is 6.30. The van der Waals surface area contributed by atoms with Gasteiger partial charge in [-0.1, -0.05) is 23.7 Å². The minimum absolute atomic E-state index is 0.0480. The number of Topliss-reactive ketones (excluding diaryl/α,β-unsaturated/α-hetero) is 1. The minimum atomic E-state index is -0.236. The van der Waals surface area contributed by atoms with Gasteiger partial charge in [-0.2, -0.15) is 0 Å². The molecule has 2 aromatic rings. The summed E-state index contributed by atoms with van der Waals surface area (Å²) < 4.78 is 0. The molecule has 4 nitrogen and oxygen atoms in total. The molecule has 0 bridgehead atoms. The molecule has 1 amide bonds. The second-order valence-electron chi connectivity index (χ2n) is 5.43. The van der Waals surface area contributed by atoms with Crippen molar-refractivity contribution in [2.45, 2.75) is 33.7 Å². The van der Waals surface area contributed by atoms with Crippen molar-refractivity contribution in [1.29, 1.82) is 0 Å². The zero-order valence-electron chi connectivity index (χ0n) is 13.1. The number of halogens is 1. The van der Waals surface area contributed by atoms with Gasteiger partial charge in [0.15, 0.2) is 5.78 Å². The van der Waals surface area contributed by atoms with Crippen LogP contribution < -0.4 is 5.32 Å². The van der Waals surface area contributed by atoms with E-state index < -0.39 is 0 Å². The summed E-state index contributed by atoms with van der Waals surface area (Å²) in [5.74, 6) is -0.284. The van der Waals surface area contributed by atoms with E-state index in [9.17, 15) is 9.59 Å². The number of aryl methyl sites for hydroxylation is 1. The SMILES string of the molecule is CC(=O)c1c(C)[nH]c(C(=O)N[C@H](C)c2cccc(Cl)c2)c1C. The maximum Gasteiger partial charge on any atom is 0.268 e. The summed E-state index contributed by atoms with van der Waals surface area (Å²) >= 11 is 5.97. The number of hydrogen-bond donors (Lipinski definition) is 2. The molecule has 2 N–H and O–H groups in total. The zero-order chi connectivity index (χ0) is 16.4. The fraction of sp³-hybridized carbons (Fsp3) is 0.294. The van der Waals surface area contributed by atoms with E-state index in [2.05, 4.69) is 10.3 Å². The van der Waals surface area contributed by atoms with Gasteiger partial charge in [0.2, 0.25) is 0 Å². The van der Waals surface area contributed by atoms with Crippen molar-refractivity contribution in [2.24, 2.45) is 0 Å². The van der Waals surface area contributed by atoms with Crippen molar-refractivity contribution in [3.8, 4) is 0 Å². The predicted octanol–water partition coefficient (Wildman–Crippen LogP) is 3.98. The van der Waals surface area contributed by atoms with Crippen molar-refractivity contribution in [3.63, 3.8) is 0 Å². The number of benzene rings is 1. The highest BCUT2D eigenvalue weighted by Crippen LogP contribution is 2.21. The number of aromatic amines is 1. The van der Waals surface area contributed by atoms with E-state index in [0.29, 0.717) is 27.5 Å². The zero-order valence-corrected chi connectivity index (χ0v) is 13.8. The number of nitrogens with one attached hydrogen (secondary N) is 2. The molecule has 0 radical (unpaired) electrons. The minimum Gasteiger partial charge on any atom is -0.354 e. The van der Waals surface area contributed by atoms with Gasteiger partial charge in [0.25, 0.3) is 5.91 Å². The summed E-state index contributed by atoms with van der Waals surface area (Å²) in [6.45, 7) is 6.96. The Hall–Kier alpha value is -2.07. The Bertz CT molecular complexity index is 734. The maximum absolute atomic E-state index is 12.4. The number of amides is 1. The Morgan fingerprint density at radius 2 is 1.95 bits per heavy atom. The van der Waals surface area contributed by atoms with Crippen LogP contribution >= 0.6 is 11.6 Å². The molecule has 0 saturated carbocycles. The van der Waals surface area contributed by atoms with Crippen LogP contribution in [0, 0.1) is 13.8 Å². The van der Waals surface area contributed by atoms with Gasteiger partial charge in [0.1, 0.15) is 5.69 Å². The lowest BCUT2D eigenvalue weighted by molar-refractivity contribution is 0.0934. The molecular weight excluding hydrogens is 300 g/mol. The first-order valence-corrected chi connectivity index (χ1v) is 7.45. The Morgan fingerprint density at radius 1 is 1.27 bits per heavy atom. The molecule has 0 unspecified atom stereocenters. The first kappa shape index (κ1) is 16.3. The molecule has 1 atom stereocenters. The van der Waals surface area contributed by atoms with Crippen molar-refractivity contribution in [3.05, 3.63) is 57.4 Å². The fourth-order valence-corrected chi connectivity index (χ4v) is 2.83. The third-order valence-corrected chi connectivity index (χ3v) is 3.95. The van der Waals surface area contributed by atoms with Gasteiger partial charge in [-0.3, -0.25) is 9.59 Å². The van der Waals surface area contributed by atoms with Crippen LogP contribution in [0.3, 0.4) is 0 Å². The lowest BCUT2D eigenvalue weighted by Crippen LogP contribution is -2.27. The molecule has 0 aliphatic heterocycles. The summed E-state index contributed by atoms with van der Waals surface area (Å²) in [7, 11) is 0. The van der Waals surface area contributed by atoms with Gasteiger partial charge in [0.05, 0.1) is 6.04 Å². The van der Waals surface area contributed by atoms with E-state index in [1.165, 1.54) is 6.92 Å². The van der Waals surface area contributed by atoms with Crippen LogP contribution in [-0.4, -0.2) is 16.7 Å². The molecular formula is C17H19ClN2O2. The number of hydrogen-bond acceptors (Lipinski definition) is 2. The lowest BCUT2D eigenvalue weighted by Gasteiger charge is -2.14. The van der Waals surface area contributed by atoms with Gasteiger partial charge >= 0.3 is 0 Å². The number of rotatable bonds is 4. The molecule has 5 heteroatoms. The quantitative estimate of drug-likeness (QED) is 0.838. The highest BCUT2D eigenvalue weighted by Gasteiger charge is 2.21. The molecule has 1 aromatic carbocycles. The summed E-state index contributed by atoms with van der Waals surface area (Å²) in [4.78, 5) is 27.1. The summed E-state index contributed by atoms with van der Waals surface area (Å²) in [6, 6.07) is 7.18. The second-order valence-corrected chi connectivity index (χ2v) is 5.87. The largest absolute Gasteiger partial charge is 0.354 e. The van der Waals surface area contributed by atoms with Crippen LogP contribution in [0.15, 0.2) is 24.3 Å². The number of aromatic nitrogens is 1. The molecule has 2 rings (SSSR count). The van der Waals surface area contributed by atoms with E-state index in [1.54, 1.807) is 19.9 Å². The standard InChI is InChI=1S/C17H19ClN2O2/c1-9-15(12(4)21)11(3)19-16(9)17(22)20-10(2)13-6-5-7-14(18)8-13/h5-8,10,19H,1-4H3,(H,20,22)/t10-/m1/s1. The molecule has 0 spiro atoms. The third-order valence-electron chi connectivity index (χ3n) is 3.71. The summed E-state index contributed by atoms with van der Waals surface area (Å²) in [5, 5.41) is 3.55. The van der Waals surface area contributed by atoms with Crippen molar-refractivity contribution in [1.82, 2.24) is 10.3 Å². The first-order valence-electron chi connectivity index (χ1n) is 7.07. The van der Waals surface area contributed by atoms with Crippen molar-refractivity contribution >= 4 is 23.3 Å². The van der Waals surface area contributed by atoms with Gasteiger partial charge in [-0.15, -0.1) is 0 Å². The molecule has 22 heavy (non-hydrogen) atoms. The van der Waals surface area contributed by atoms with Crippen LogP contribution in [0.5, 0.6) is 0 Å². The van der Waals surface area contributed by atoms with Crippen molar-refractivity contribution < 1.29 is 9.59 Å². The third kappa shape index (κ3) is 3.22. The van der Waals surface area contributed by atoms with E-state index in [-0.39, 0.29) is 17.7 Å². The van der Waals surface area contributed by atoms with Gasteiger partial charge in [-0.05, 0) is 51.0 Å². The van der Waals surface area contributed by atoms with Crippen LogP contribution in [0.4, 0.5) is 0 Å². The van der Waals surface area contributed by atoms with Crippen molar-refractivity contribution in [2.75, 3.05) is 0 Å². The Kier molecular flexibility index (Phi) is 4.71. The van der Waals surface area contributed by atoms with Gasteiger partial charge in [-0.25, -0.2) is 0 Å². The van der Waals surface area contributed by atoms with Crippen LogP contribution in [0.25, 0.3) is 0 Å². The maximum atomic E-state index is 12.4. The fourth-order valence-electron chi connectivity index (χ4n) is 2.63. The van der Waals surface area contributed by atoms with Gasteiger partial charge < -0.3 is 10.3 Å². The summed E-state index contributed by atoms with van der Waals surface area (Å²) in [6.07, 6.45) is 0. The molecule has 0 saturated heterocycles. The molecule has 116 valence electrons. The van der Waals surface area contributed by atoms with E-state index in [0.717, 1.165) is 5.56 Å². The molecule has 0 aliphatic rings. The average Bonchev–Trinajstić information content (AvgIpc) is 2.73. The monoisotopic (exact) mass is 318 g/mol. The smallest absolute Gasteiger partial charge is 0.268 e. The normalized spacial score (nSPS) is 12.0. The molecule has 1 aromatic heterocycles. The highest BCUT2D eigenvalue weighted by atomic mass is 35.5. The number of ketones is 1. The Labute approximate surface area is 134 Å². The topological polar surface area (TPSA) is 62.0 Å². The average molecular weight is 319 g/mol. The summed E-state index contributed by atoms with van der Waals surface area (Å²) in [5.41, 5.74) is 3.33. The van der Waals surface area contributed by atoms with E-state index in [4.69, 9.17) is 11.6 Å². The van der Waals surface area contributed by atoms with Crippen LogP contribution in [0.1, 0.15) is 57.6 Å².